The summed E-state index contributed by atoms with van der Waals surface area (Å²) in [5, 5.41) is 13.6. The number of rotatable bonds is 7. The second-order valence-corrected chi connectivity index (χ2v) is 4.60. The minimum absolute atomic E-state index is 0.148. The van der Waals surface area contributed by atoms with Gasteiger partial charge in [-0.1, -0.05) is 6.42 Å². The summed E-state index contributed by atoms with van der Waals surface area (Å²) in [5.41, 5.74) is 1.14. The molecule has 0 bridgehead atoms. The Bertz CT molecular complexity index is 457. The van der Waals surface area contributed by atoms with Crippen molar-refractivity contribution in [2.24, 2.45) is 0 Å². The molecule has 0 radical (unpaired) electrons. The number of amides is 2. The third kappa shape index (κ3) is 6.72. The predicted octanol–water partition coefficient (Wildman–Crippen LogP) is 2.90. The molecule has 1 rings (SSSR count). The maximum absolute atomic E-state index is 13.1. The fourth-order valence-electron chi connectivity index (χ4n) is 1.76. The third-order valence-corrected chi connectivity index (χ3v) is 2.65. The average molecular weight is 282 g/mol. The van der Waals surface area contributed by atoms with Crippen LogP contribution < -0.4 is 10.6 Å². The first-order valence-electron chi connectivity index (χ1n) is 6.51. The maximum Gasteiger partial charge on any atom is 0.319 e. The van der Waals surface area contributed by atoms with E-state index in [1.807, 2.05) is 0 Å². The van der Waals surface area contributed by atoms with Gasteiger partial charge in [0, 0.05) is 18.7 Å². The Morgan fingerprint density at radius 3 is 2.60 bits per heavy atom. The van der Waals surface area contributed by atoms with Crippen molar-refractivity contribution in [1.29, 1.82) is 0 Å². The molecule has 0 aliphatic heterocycles. The number of urea groups is 1. The largest absolute Gasteiger partial charge is 0.481 e. The van der Waals surface area contributed by atoms with Crippen molar-refractivity contribution in [2.45, 2.75) is 32.6 Å². The number of hydrogen-bond donors (Lipinski definition) is 3. The van der Waals surface area contributed by atoms with Gasteiger partial charge in [-0.2, -0.15) is 0 Å². The van der Waals surface area contributed by atoms with Gasteiger partial charge >= 0.3 is 12.0 Å². The number of unbranched alkanes of at least 4 members (excludes halogenated alkanes) is 2. The number of carboxylic acids is 1. The van der Waals surface area contributed by atoms with E-state index in [4.69, 9.17) is 5.11 Å². The van der Waals surface area contributed by atoms with Crippen LogP contribution in [0.4, 0.5) is 14.9 Å². The number of carboxylic acid groups (broad SMARTS) is 1. The average Bonchev–Trinajstić information content (AvgIpc) is 2.31. The van der Waals surface area contributed by atoms with Gasteiger partial charge in [0.15, 0.2) is 0 Å². The summed E-state index contributed by atoms with van der Waals surface area (Å²) in [4.78, 5) is 21.8. The van der Waals surface area contributed by atoms with Crippen molar-refractivity contribution < 1.29 is 19.1 Å². The van der Waals surface area contributed by atoms with Crippen LogP contribution in [0.5, 0.6) is 0 Å². The van der Waals surface area contributed by atoms with E-state index in [2.05, 4.69) is 10.6 Å². The summed E-state index contributed by atoms with van der Waals surface area (Å²) in [7, 11) is 0. The highest BCUT2D eigenvalue weighted by molar-refractivity contribution is 5.89. The number of halogens is 1. The Kier molecular flexibility index (Phi) is 6.49. The number of aliphatic carboxylic acids is 1. The molecule has 2 amide bonds. The Labute approximate surface area is 117 Å². The molecule has 1 aromatic rings. The summed E-state index contributed by atoms with van der Waals surface area (Å²) in [6, 6.07) is 3.91. The zero-order valence-corrected chi connectivity index (χ0v) is 11.4. The molecule has 0 spiro atoms. The Morgan fingerprint density at radius 2 is 1.95 bits per heavy atom. The zero-order valence-electron chi connectivity index (χ0n) is 11.4. The molecule has 0 atom stereocenters. The SMILES string of the molecule is Cc1cc(F)cc(NC(=O)NCCCCCC(=O)O)c1. The molecule has 0 aliphatic carbocycles. The fourth-order valence-corrected chi connectivity index (χ4v) is 1.76. The quantitative estimate of drug-likeness (QED) is 0.673. The molecule has 0 fully saturated rings. The lowest BCUT2D eigenvalue weighted by atomic mass is 10.2. The number of carbonyl (C=O) groups excluding carboxylic acids is 1. The molecule has 0 saturated heterocycles. The molecule has 3 N–H and O–H groups in total. The van der Waals surface area contributed by atoms with Crippen LogP contribution in [-0.4, -0.2) is 23.7 Å². The van der Waals surface area contributed by atoms with Crippen molar-refractivity contribution in [3.8, 4) is 0 Å². The first-order valence-corrected chi connectivity index (χ1v) is 6.51. The highest BCUT2D eigenvalue weighted by atomic mass is 19.1. The standard InChI is InChI=1S/C14H19FN2O3/c1-10-7-11(15)9-12(8-10)17-14(20)16-6-4-2-3-5-13(18)19/h7-9H,2-6H2,1H3,(H,18,19)(H2,16,17,20). The van der Waals surface area contributed by atoms with Gasteiger partial charge < -0.3 is 15.7 Å². The first-order chi connectivity index (χ1) is 9.47. The van der Waals surface area contributed by atoms with Gasteiger partial charge in [0.25, 0.3) is 0 Å². The number of hydrogen-bond acceptors (Lipinski definition) is 2. The maximum atomic E-state index is 13.1. The Hall–Kier alpha value is -2.11. The van der Waals surface area contributed by atoms with Crippen molar-refractivity contribution >= 4 is 17.7 Å². The van der Waals surface area contributed by atoms with Gasteiger partial charge in [0.05, 0.1) is 0 Å². The number of carbonyl (C=O) groups is 2. The summed E-state index contributed by atoms with van der Waals surface area (Å²) < 4.78 is 13.1. The fraction of sp³-hybridized carbons (Fsp3) is 0.429. The van der Waals surface area contributed by atoms with E-state index in [1.54, 1.807) is 13.0 Å². The number of benzene rings is 1. The minimum atomic E-state index is -0.808. The van der Waals surface area contributed by atoms with E-state index < -0.39 is 17.8 Å². The normalized spacial score (nSPS) is 10.1. The van der Waals surface area contributed by atoms with Crippen LogP contribution in [0.2, 0.25) is 0 Å². The van der Waals surface area contributed by atoms with Crippen LogP contribution in [0, 0.1) is 12.7 Å². The van der Waals surface area contributed by atoms with E-state index in [0.29, 0.717) is 25.1 Å². The molecule has 1 aromatic carbocycles. The van der Waals surface area contributed by atoms with Gasteiger partial charge in [0.2, 0.25) is 0 Å². The van der Waals surface area contributed by atoms with Crippen LogP contribution in [0.1, 0.15) is 31.2 Å². The Balaban J connectivity index is 2.21. The first kappa shape index (κ1) is 15.9. The highest BCUT2D eigenvalue weighted by Gasteiger charge is 2.03. The molecule has 20 heavy (non-hydrogen) atoms. The lowest BCUT2D eigenvalue weighted by Gasteiger charge is -2.08. The van der Waals surface area contributed by atoms with Gasteiger partial charge in [-0.05, 0) is 43.5 Å². The van der Waals surface area contributed by atoms with Crippen molar-refractivity contribution in [1.82, 2.24) is 5.32 Å². The zero-order chi connectivity index (χ0) is 15.0. The monoisotopic (exact) mass is 282 g/mol. The van der Waals surface area contributed by atoms with Gasteiger partial charge in [-0.3, -0.25) is 4.79 Å². The van der Waals surface area contributed by atoms with Crippen LogP contribution in [0.25, 0.3) is 0 Å². The third-order valence-electron chi connectivity index (χ3n) is 2.65. The van der Waals surface area contributed by atoms with Gasteiger partial charge in [-0.25, -0.2) is 9.18 Å². The van der Waals surface area contributed by atoms with E-state index in [-0.39, 0.29) is 6.42 Å². The molecular weight excluding hydrogens is 263 g/mol. The van der Waals surface area contributed by atoms with Crippen molar-refractivity contribution in [3.63, 3.8) is 0 Å². The topological polar surface area (TPSA) is 78.4 Å². The number of aryl methyl sites for hydroxylation is 1. The second-order valence-electron chi connectivity index (χ2n) is 4.60. The van der Waals surface area contributed by atoms with Gasteiger partial charge in [0.1, 0.15) is 5.82 Å². The molecule has 5 nitrogen and oxygen atoms in total. The molecular formula is C14H19FN2O3. The van der Waals surface area contributed by atoms with E-state index in [0.717, 1.165) is 12.0 Å². The van der Waals surface area contributed by atoms with E-state index >= 15 is 0 Å². The number of nitrogens with one attached hydrogen (secondary N) is 2. The van der Waals surface area contributed by atoms with E-state index in [1.165, 1.54) is 12.1 Å². The van der Waals surface area contributed by atoms with Crippen LogP contribution in [-0.2, 0) is 4.79 Å². The highest BCUT2D eigenvalue weighted by Crippen LogP contribution is 2.12. The van der Waals surface area contributed by atoms with Crippen LogP contribution >= 0.6 is 0 Å². The summed E-state index contributed by atoms with van der Waals surface area (Å²) in [5.74, 6) is -1.20. The lowest BCUT2D eigenvalue weighted by molar-refractivity contribution is -0.137. The molecule has 6 heteroatoms. The van der Waals surface area contributed by atoms with Crippen molar-refractivity contribution in [2.75, 3.05) is 11.9 Å². The summed E-state index contributed by atoms with van der Waals surface area (Å²) in [6.07, 6.45) is 2.20. The predicted molar refractivity (Wildman–Crippen MR) is 74.3 cm³/mol. The second kappa shape index (κ2) is 8.14. The smallest absolute Gasteiger partial charge is 0.319 e. The van der Waals surface area contributed by atoms with Crippen LogP contribution in [0.15, 0.2) is 18.2 Å². The summed E-state index contributed by atoms with van der Waals surface area (Å²) in [6.45, 7) is 2.20. The molecule has 0 aromatic heterocycles. The molecule has 110 valence electrons. The van der Waals surface area contributed by atoms with E-state index in [9.17, 15) is 14.0 Å². The number of anilines is 1. The minimum Gasteiger partial charge on any atom is -0.481 e. The van der Waals surface area contributed by atoms with Crippen molar-refractivity contribution in [3.05, 3.63) is 29.6 Å². The van der Waals surface area contributed by atoms with Gasteiger partial charge in [-0.15, -0.1) is 0 Å². The molecule has 0 saturated carbocycles. The molecule has 0 heterocycles. The molecule has 0 aliphatic rings. The Morgan fingerprint density at radius 1 is 1.20 bits per heavy atom. The molecule has 0 unspecified atom stereocenters. The summed E-state index contributed by atoms with van der Waals surface area (Å²) >= 11 is 0. The lowest BCUT2D eigenvalue weighted by Crippen LogP contribution is -2.29. The van der Waals surface area contributed by atoms with Crippen LogP contribution in [0.3, 0.4) is 0 Å².